The van der Waals surface area contributed by atoms with Gasteiger partial charge in [-0.1, -0.05) is 28.9 Å². The van der Waals surface area contributed by atoms with Crippen LogP contribution in [0.4, 0.5) is 5.69 Å². The minimum atomic E-state index is 0.157. The molecule has 1 aliphatic rings. The zero-order valence-electron chi connectivity index (χ0n) is 11.0. The molecule has 0 amide bonds. The van der Waals surface area contributed by atoms with Crippen LogP contribution < -0.4 is 10.2 Å². The molecule has 0 saturated carbocycles. The molecule has 1 saturated heterocycles. The third kappa shape index (κ3) is 3.05. The molecule has 1 fully saturated rings. The lowest BCUT2D eigenvalue weighted by molar-refractivity contribution is 0.259. The number of aliphatic hydroxyl groups is 1. The normalized spacial score (nSPS) is 25.0. The Bertz CT molecular complexity index is 411. The summed E-state index contributed by atoms with van der Waals surface area (Å²) in [6, 6.07) is 6.57. The number of anilines is 1. The van der Waals surface area contributed by atoms with Gasteiger partial charge < -0.3 is 15.3 Å². The van der Waals surface area contributed by atoms with Crippen LogP contribution in [-0.4, -0.2) is 37.4 Å². The van der Waals surface area contributed by atoms with E-state index in [1.807, 2.05) is 0 Å². The van der Waals surface area contributed by atoms with Crippen molar-refractivity contribution in [3.63, 3.8) is 0 Å². The minimum absolute atomic E-state index is 0.157. The summed E-state index contributed by atoms with van der Waals surface area (Å²) in [6.45, 7) is 7.35. The Kier molecular flexibility index (Phi) is 4.65. The van der Waals surface area contributed by atoms with Gasteiger partial charge in [-0.3, -0.25) is 0 Å². The first-order chi connectivity index (χ1) is 8.61. The Hall–Kier alpha value is -0.580. The number of halogens is 1. The maximum absolute atomic E-state index is 9.56. The molecule has 1 heterocycles. The smallest absolute Gasteiger partial charge is 0.0647 e. The number of nitrogens with zero attached hydrogens (tertiary/aromatic N) is 1. The third-order valence-corrected chi connectivity index (χ3v) is 4.37. The van der Waals surface area contributed by atoms with Gasteiger partial charge in [-0.2, -0.15) is 0 Å². The molecule has 0 radical (unpaired) electrons. The number of rotatable bonds is 2. The predicted molar refractivity (Wildman–Crippen MR) is 79.1 cm³/mol. The number of aliphatic hydroxyl groups excluding tert-OH is 1. The molecule has 1 aromatic rings. The lowest BCUT2D eigenvalue weighted by atomic mass is 10.1. The van der Waals surface area contributed by atoms with Gasteiger partial charge in [-0.25, -0.2) is 0 Å². The van der Waals surface area contributed by atoms with Gasteiger partial charge in [0.15, 0.2) is 0 Å². The van der Waals surface area contributed by atoms with E-state index >= 15 is 0 Å². The van der Waals surface area contributed by atoms with Crippen molar-refractivity contribution in [2.45, 2.75) is 19.9 Å². The van der Waals surface area contributed by atoms with E-state index in [9.17, 15) is 5.11 Å². The lowest BCUT2D eigenvalue weighted by Gasteiger charge is -2.32. The average molecular weight is 313 g/mol. The second-order valence-corrected chi connectivity index (χ2v) is 6.04. The van der Waals surface area contributed by atoms with Crippen molar-refractivity contribution in [3.8, 4) is 0 Å². The quantitative estimate of drug-likeness (QED) is 0.878. The molecular weight excluding hydrogens is 292 g/mol. The molecule has 18 heavy (non-hydrogen) atoms. The molecule has 1 aromatic carbocycles. The summed E-state index contributed by atoms with van der Waals surface area (Å²) in [4.78, 5) is 2.31. The van der Waals surface area contributed by atoms with Gasteiger partial charge >= 0.3 is 0 Å². The molecule has 0 bridgehead atoms. The Morgan fingerprint density at radius 1 is 1.44 bits per heavy atom. The first kappa shape index (κ1) is 13.8. The van der Waals surface area contributed by atoms with Crippen LogP contribution in [0.25, 0.3) is 0 Å². The van der Waals surface area contributed by atoms with Gasteiger partial charge in [0, 0.05) is 23.2 Å². The van der Waals surface area contributed by atoms with E-state index in [-0.39, 0.29) is 12.6 Å². The van der Waals surface area contributed by atoms with Gasteiger partial charge in [0.2, 0.25) is 0 Å². The van der Waals surface area contributed by atoms with Gasteiger partial charge in [0.25, 0.3) is 0 Å². The van der Waals surface area contributed by atoms with Crippen molar-refractivity contribution >= 4 is 21.6 Å². The number of nitrogens with one attached hydrogen (secondary N) is 1. The monoisotopic (exact) mass is 312 g/mol. The maximum Gasteiger partial charge on any atom is 0.0647 e. The second-order valence-electron chi connectivity index (χ2n) is 5.19. The summed E-state index contributed by atoms with van der Waals surface area (Å²) in [5, 5.41) is 13.0. The van der Waals surface area contributed by atoms with Crippen molar-refractivity contribution in [2.24, 2.45) is 5.92 Å². The Morgan fingerprint density at radius 2 is 2.22 bits per heavy atom. The topological polar surface area (TPSA) is 35.5 Å². The van der Waals surface area contributed by atoms with Crippen molar-refractivity contribution in [1.82, 2.24) is 5.32 Å². The summed E-state index contributed by atoms with van der Waals surface area (Å²) in [6.07, 6.45) is 0. The Labute approximate surface area is 117 Å². The molecule has 2 atom stereocenters. The molecule has 1 aliphatic heterocycles. The third-order valence-electron chi connectivity index (χ3n) is 3.52. The Balaban J connectivity index is 2.28. The molecule has 100 valence electrons. The molecular formula is C14H21BrN2O. The van der Waals surface area contributed by atoms with E-state index in [1.54, 1.807) is 0 Å². The van der Waals surface area contributed by atoms with E-state index in [4.69, 9.17) is 0 Å². The first-order valence-corrected chi connectivity index (χ1v) is 7.25. The number of hydrogen-bond acceptors (Lipinski definition) is 3. The summed E-state index contributed by atoms with van der Waals surface area (Å²) in [5.74, 6) is 0.585. The predicted octanol–water partition coefficient (Wildman–Crippen LogP) is 2.16. The summed E-state index contributed by atoms with van der Waals surface area (Å²) in [5.41, 5.74) is 2.42. The van der Waals surface area contributed by atoms with Crippen molar-refractivity contribution in [2.75, 3.05) is 31.1 Å². The molecule has 2 unspecified atom stereocenters. The van der Waals surface area contributed by atoms with Crippen molar-refractivity contribution in [3.05, 3.63) is 28.2 Å². The summed E-state index contributed by atoms with van der Waals surface area (Å²) < 4.78 is 1.13. The fourth-order valence-corrected chi connectivity index (χ4v) is 2.76. The fraction of sp³-hybridized carbons (Fsp3) is 0.571. The summed E-state index contributed by atoms with van der Waals surface area (Å²) in [7, 11) is 0. The maximum atomic E-state index is 9.56. The molecule has 0 aliphatic carbocycles. The standard InChI is InChI=1S/C14H21BrN2O/c1-10-6-16-7-13(9-18)17(8-10)12-4-3-11(2)14(15)5-12/h3-5,10,13,16,18H,6-9H2,1-2H3. The highest BCUT2D eigenvalue weighted by Crippen LogP contribution is 2.26. The molecule has 2 rings (SSSR count). The van der Waals surface area contributed by atoms with E-state index in [0.717, 1.165) is 24.1 Å². The van der Waals surface area contributed by atoms with Crippen LogP contribution in [0.2, 0.25) is 0 Å². The van der Waals surface area contributed by atoms with Crippen LogP contribution in [0.15, 0.2) is 22.7 Å². The fourth-order valence-electron chi connectivity index (χ4n) is 2.40. The second kappa shape index (κ2) is 6.04. The minimum Gasteiger partial charge on any atom is -0.394 e. The Morgan fingerprint density at radius 3 is 2.89 bits per heavy atom. The van der Waals surface area contributed by atoms with Crippen LogP contribution in [0.5, 0.6) is 0 Å². The zero-order valence-corrected chi connectivity index (χ0v) is 12.6. The molecule has 2 N–H and O–H groups in total. The van der Waals surface area contributed by atoms with Crippen molar-refractivity contribution < 1.29 is 5.11 Å². The largest absolute Gasteiger partial charge is 0.394 e. The molecule has 0 spiro atoms. The highest BCUT2D eigenvalue weighted by Gasteiger charge is 2.23. The van der Waals surface area contributed by atoms with E-state index in [0.29, 0.717) is 5.92 Å². The van der Waals surface area contributed by atoms with Crippen LogP contribution in [0, 0.1) is 12.8 Å². The highest BCUT2D eigenvalue weighted by atomic mass is 79.9. The number of aryl methyl sites for hydroxylation is 1. The van der Waals surface area contributed by atoms with Crippen molar-refractivity contribution in [1.29, 1.82) is 0 Å². The molecule has 0 aromatic heterocycles. The number of benzene rings is 1. The number of hydrogen-bond donors (Lipinski definition) is 2. The summed E-state index contributed by atoms with van der Waals surface area (Å²) >= 11 is 3.58. The van der Waals surface area contributed by atoms with Crippen LogP contribution in [0.1, 0.15) is 12.5 Å². The van der Waals surface area contributed by atoms with E-state index < -0.39 is 0 Å². The van der Waals surface area contributed by atoms with E-state index in [1.165, 1.54) is 11.3 Å². The zero-order chi connectivity index (χ0) is 13.1. The van der Waals surface area contributed by atoms with Gasteiger partial charge in [-0.05, 0) is 37.1 Å². The van der Waals surface area contributed by atoms with Crippen LogP contribution in [0.3, 0.4) is 0 Å². The van der Waals surface area contributed by atoms with Crippen LogP contribution in [-0.2, 0) is 0 Å². The van der Waals surface area contributed by atoms with Crippen LogP contribution >= 0.6 is 15.9 Å². The molecule has 4 heteroatoms. The lowest BCUT2D eigenvalue weighted by Crippen LogP contribution is -2.42. The highest BCUT2D eigenvalue weighted by molar-refractivity contribution is 9.10. The van der Waals surface area contributed by atoms with Gasteiger partial charge in [-0.15, -0.1) is 0 Å². The van der Waals surface area contributed by atoms with Gasteiger partial charge in [0.1, 0.15) is 0 Å². The first-order valence-electron chi connectivity index (χ1n) is 6.46. The molecule has 3 nitrogen and oxygen atoms in total. The average Bonchev–Trinajstić information content (AvgIpc) is 2.54. The SMILES string of the molecule is Cc1ccc(N2CC(C)CNCC2CO)cc1Br. The van der Waals surface area contributed by atoms with Gasteiger partial charge in [0.05, 0.1) is 12.6 Å². The van der Waals surface area contributed by atoms with E-state index in [2.05, 4.69) is 58.2 Å².